The van der Waals surface area contributed by atoms with Crippen LogP contribution < -0.4 is 5.32 Å². The van der Waals surface area contributed by atoms with E-state index in [0.29, 0.717) is 11.1 Å². The number of carbonyl (C=O) groups excluding carboxylic acids is 1. The highest BCUT2D eigenvalue weighted by atomic mass is 16.4. The highest BCUT2D eigenvalue weighted by Gasteiger charge is 2.23. The number of carbonyl (C=O) groups is 2. The van der Waals surface area contributed by atoms with Gasteiger partial charge in [0, 0.05) is 6.08 Å². The Labute approximate surface area is 116 Å². The van der Waals surface area contributed by atoms with Gasteiger partial charge < -0.3 is 15.5 Å². The lowest BCUT2D eigenvalue weighted by Crippen LogP contribution is -2.47. The highest BCUT2D eigenvalue weighted by Crippen LogP contribution is 2.05. The number of hydrogen-bond donors (Lipinski definition) is 3. The van der Waals surface area contributed by atoms with Crippen LogP contribution in [0.25, 0.3) is 6.08 Å². The molecule has 0 aliphatic heterocycles. The molecule has 6 heteroatoms. The van der Waals surface area contributed by atoms with Crippen LogP contribution in [-0.2, 0) is 9.59 Å². The number of amides is 1. The summed E-state index contributed by atoms with van der Waals surface area (Å²) >= 11 is 0. The quantitative estimate of drug-likeness (QED) is 0.678. The van der Waals surface area contributed by atoms with E-state index in [1.165, 1.54) is 19.1 Å². The molecule has 0 aliphatic rings. The molecular formula is C14H14N2O4. The minimum atomic E-state index is -1.35. The van der Waals surface area contributed by atoms with Crippen LogP contribution in [0.1, 0.15) is 18.1 Å². The Morgan fingerprint density at radius 2 is 1.95 bits per heavy atom. The van der Waals surface area contributed by atoms with Crippen molar-refractivity contribution in [2.45, 2.75) is 19.1 Å². The summed E-state index contributed by atoms with van der Waals surface area (Å²) in [6.07, 6.45) is 1.46. The van der Waals surface area contributed by atoms with Gasteiger partial charge in [0.15, 0.2) is 6.04 Å². The minimum absolute atomic E-state index is 0.506. The van der Waals surface area contributed by atoms with Crippen molar-refractivity contribution in [1.29, 1.82) is 5.26 Å². The monoisotopic (exact) mass is 274 g/mol. The first-order chi connectivity index (χ1) is 9.43. The van der Waals surface area contributed by atoms with Gasteiger partial charge in [-0.3, -0.25) is 4.79 Å². The molecule has 3 N–H and O–H groups in total. The number of aliphatic carboxylic acids is 1. The lowest BCUT2D eigenvalue weighted by atomic mass is 10.1. The van der Waals surface area contributed by atoms with Crippen LogP contribution >= 0.6 is 0 Å². The summed E-state index contributed by atoms with van der Waals surface area (Å²) < 4.78 is 0. The molecule has 1 aromatic rings. The highest BCUT2D eigenvalue weighted by molar-refractivity contribution is 5.94. The fraction of sp³-hybridized carbons (Fsp3) is 0.214. The third-order valence-electron chi connectivity index (χ3n) is 2.51. The molecule has 0 heterocycles. The van der Waals surface area contributed by atoms with E-state index >= 15 is 0 Å². The number of rotatable bonds is 5. The molecule has 0 aromatic heterocycles. The molecule has 0 fully saturated rings. The Morgan fingerprint density at radius 1 is 1.35 bits per heavy atom. The van der Waals surface area contributed by atoms with Gasteiger partial charge in [-0.25, -0.2) is 4.79 Å². The van der Waals surface area contributed by atoms with Crippen LogP contribution in [0.5, 0.6) is 0 Å². The predicted molar refractivity (Wildman–Crippen MR) is 71.4 cm³/mol. The van der Waals surface area contributed by atoms with Gasteiger partial charge in [0.25, 0.3) is 0 Å². The molecule has 0 spiro atoms. The molecule has 1 rings (SSSR count). The minimum Gasteiger partial charge on any atom is -0.480 e. The van der Waals surface area contributed by atoms with Crippen molar-refractivity contribution in [3.8, 4) is 6.07 Å². The first-order valence-corrected chi connectivity index (χ1v) is 5.83. The maximum Gasteiger partial charge on any atom is 0.328 e. The van der Waals surface area contributed by atoms with E-state index in [2.05, 4.69) is 5.32 Å². The third kappa shape index (κ3) is 4.55. The normalized spacial score (nSPS) is 13.4. The van der Waals surface area contributed by atoms with Crippen molar-refractivity contribution >= 4 is 18.0 Å². The summed E-state index contributed by atoms with van der Waals surface area (Å²) in [5.41, 5.74) is 1.20. The SMILES string of the molecule is CC(O)C(NC(=O)/C=C/c1ccc(C#N)cc1)C(=O)O. The van der Waals surface area contributed by atoms with Gasteiger partial charge in [-0.05, 0) is 30.7 Å². The molecule has 0 aliphatic carbocycles. The van der Waals surface area contributed by atoms with E-state index in [1.807, 2.05) is 6.07 Å². The second-order valence-corrected chi connectivity index (χ2v) is 4.13. The number of aliphatic hydroxyl groups is 1. The van der Waals surface area contributed by atoms with Crippen LogP contribution in [-0.4, -0.2) is 34.2 Å². The van der Waals surface area contributed by atoms with Crippen molar-refractivity contribution in [1.82, 2.24) is 5.32 Å². The van der Waals surface area contributed by atoms with Gasteiger partial charge in [-0.2, -0.15) is 5.26 Å². The third-order valence-corrected chi connectivity index (χ3v) is 2.51. The van der Waals surface area contributed by atoms with E-state index in [9.17, 15) is 14.7 Å². The first kappa shape index (κ1) is 15.4. The zero-order chi connectivity index (χ0) is 15.1. The number of aliphatic hydroxyl groups excluding tert-OH is 1. The summed E-state index contributed by atoms with van der Waals surface area (Å²) in [4.78, 5) is 22.3. The van der Waals surface area contributed by atoms with Crippen LogP contribution in [0.15, 0.2) is 30.3 Å². The van der Waals surface area contributed by atoms with Gasteiger partial charge in [0.1, 0.15) is 0 Å². The molecule has 1 aromatic carbocycles. The number of nitrogens with zero attached hydrogens (tertiary/aromatic N) is 1. The molecule has 2 atom stereocenters. The standard InChI is InChI=1S/C14H14N2O4/c1-9(17)13(14(19)20)16-12(18)7-6-10-2-4-11(8-15)5-3-10/h2-7,9,13,17H,1H3,(H,16,18)(H,19,20)/b7-6+. The van der Waals surface area contributed by atoms with Crippen LogP contribution in [0.4, 0.5) is 0 Å². The smallest absolute Gasteiger partial charge is 0.328 e. The summed E-state index contributed by atoms with van der Waals surface area (Å²) in [6, 6.07) is 7.15. The molecule has 0 bridgehead atoms. The number of carboxylic acid groups (broad SMARTS) is 1. The van der Waals surface area contributed by atoms with E-state index in [-0.39, 0.29) is 0 Å². The number of nitriles is 1. The summed E-state index contributed by atoms with van der Waals surface area (Å²) in [5, 5.41) is 28.8. The van der Waals surface area contributed by atoms with E-state index < -0.39 is 24.0 Å². The Balaban J connectivity index is 2.67. The zero-order valence-corrected chi connectivity index (χ0v) is 10.8. The van der Waals surface area contributed by atoms with E-state index in [4.69, 9.17) is 10.4 Å². The first-order valence-electron chi connectivity index (χ1n) is 5.83. The lowest BCUT2D eigenvalue weighted by molar-refractivity contribution is -0.144. The number of nitrogens with one attached hydrogen (secondary N) is 1. The Morgan fingerprint density at radius 3 is 2.40 bits per heavy atom. The zero-order valence-electron chi connectivity index (χ0n) is 10.8. The number of carboxylic acids is 1. The fourth-order valence-electron chi connectivity index (χ4n) is 1.43. The molecule has 20 heavy (non-hydrogen) atoms. The second-order valence-electron chi connectivity index (χ2n) is 4.13. The van der Waals surface area contributed by atoms with Crippen LogP contribution in [0.3, 0.4) is 0 Å². The second kappa shape index (κ2) is 7.07. The summed E-state index contributed by atoms with van der Waals surface area (Å²) in [5.74, 6) is -1.93. The molecule has 104 valence electrons. The Hall–Kier alpha value is -2.65. The molecule has 0 saturated heterocycles. The number of benzene rings is 1. The van der Waals surface area contributed by atoms with Gasteiger partial charge in [0.2, 0.25) is 5.91 Å². The molecule has 2 unspecified atom stereocenters. The van der Waals surface area contributed by atoms with Gasteiger partial charge in [-0.15, -0.1) is 0 Å². The van der Waals surface area contributed by atoms with Crippen LogP contribution in [0, 0.1) is 11.3 Å². The summed E-state index contributed by atoms with van der Waals surface area (Å²) in [7, 11) is 0. The largest absolute Gasteiger partial charge is 0.480 e. The lowest BCUT2D eigenvalue weighted by Gasteiger charge is -2.15. The van der Waals surface area contributed by atoms with E-state index in [1.54, 1.807) is 24.3 Å². The van der Waals surface area contributed by atoms with Crippen molar-refractivity contribution < 1.29 is 19.8 Å². The maximum atomic E-state index is 11.5. The molecule has 1 amide bonds. The van der Waals surface area contributed by atoms with Gasteiger partial charge in [-0.1, -0.05) is 12.1 Å². The maximum absolute atomic E-state index is 11.5. The molecular weight excluding hydrogens is 260 g/mol. The Bertz CT molecular complexity index is 556. The average Bonchev–Trinajstić information content (AvgIpc) is 2.42. The molecule has 0 radical (unpaired) electrons. The Kier molecular flexibility index (Phi) is 5.44. The predicted octanol–water partition coefficient (Wildman–Crippen LogP) is 0.522. The van der Waals surface area contributed by atoms with E-state index in [0.717, 1.165) is 0 Å². The summed E-state index contributed by atoms with van der Waals surface area (Å²) in [6.45, 7) is 1.28. The molecule has 0 saturated carbocycles. The molecule has 6 nitrogen and oxygen atoms in total. The van der Waals surface area contributed by atoms with Crippen LogP contribution in [0.2, 0.25) is 0 Å². The number of hydrogen-bond acceptors (Lipinski definition) is 4. The topological polar surface area (TPSA) is 110 Å². The van der Waals surface area contributed by atoms with Crippen molar-refractivity contribution in [3.05, 3.63) is 41.5 Å². The van der Waals surface area contributed by atoms with Gasteiger partial charge >= 0.3 is 5.97 Å². The van der Waals surface area contributed by atoms with Gasteiger partial charge in [0.05, 0.1) is 17.7 Å². The van der Waals surface area contributed by atoms with Crippen molar-refractivity contribution in [2.75, 3.05) is 0 Å². The average molecular weight is 274 g/mol. The van der Waals surface area contributed by atoms with Crippen molar-refractivity contribution in [3.63, 3.8) is 0 Å². The fourth-order valence-corrected chi connectivity index (χ4v) is 1.43. The van der Waals surface area contributed by atoms with Crippen molar-refractivity contribution in [2.24, 2.45) is 0 Å².